The van der Waals surface area contributed by atoms with Crippen LogP contribution in [-0.4, -0.2) is 30.7 Å². The molecule has 0 spiro atoms. The average molecular weight is 87.1 g/mol. The summed E-state index contributed by atoms with van der Waals surface area (Å²) in [5.74, 6) is 0. The van der Waals surface area contributed by atoms with Crippen LogP contribution in [0, 0.1) is 0 Å². The SMILES string of the molecule is C1=[NH+]CC[OH+]C1. The predicted octanol–water partition coefficient (Wildman–Crippen LogP) is -2.32. The molecule has 0 fully saturated rings. The summed E-state index contributed by atoms with van der Waals surface area (Å²) in [5.41, 5.74) is 0. The van der Waals surface area contributed by atoms with Crippen LogP contribution in [0.3, 0.4) is 0 Å². The first-order valence-electron chi connectivity index (χ1n) is 2.18. The molecule has 0 atom stereocenters. The van der Waals surface area contributed by atoms with Gasteiger partial charge in [0.1, 0.15) is 0 Å². The van der Waals surface area contributed by atoms with Crippen LogP contribution < -0.4 is 4.99 Å². The van der Waals surface area contributed by atoms with E-state index in [1.807, 2.05) is 6.21 Å². The van der Waals surface area contributed by atoms with Crippen molar-refractivity contribution < 1.29 is 9.73 Å². The number of rotatable bonds is 0. The molecule has 0 unspecified atom stereocenters. The monoisotopic (exact) mass is 87.1 g/mol. The summed E-state index contributed by atoms with van der Waals surface area (Å²) in [5, 5.41) is 0. The van der Waals surface area contributed by atoms with Crippen LogP contribution in [0.5, 0.6) is 0 Å². The van der Waals surface area contributed by atoms with Crippen molar-refractivity contribution in [3.05, 3.63) is 0 Å². The van der Waals surface area contributed by atoms with Gasteiger partial charge in [-0.05, 0) is 0 Å². The maximum atomic E-state index is 4.06. The maximum Gasteiger partial charge on any atom is 0.222 e. The van der Waals surface area contributed by atoms with Gasteiger partial charge in [0.05, 0.1) is 0 Å². The molecule has 0 saturated heterocycles. The van der Waals surface area contributed by atoms with E-state index in [1.54, 1.807) is 0 Å². The van der Waals surface area contributed by atoms with E-state index >= 15 is 0 Å². The van der Waals surface area contributed by atoms with E-state index in [4.69, 9.17) is 0 Å². The molecule has 0 radical (unpaired) electrons. The third kappa shape index (κ3) is 0.792. The Kier molecular flexibility index (Phi) is 1.22. The normalized spacial score (nSPS) is 21.3. The second-order valence-electron chi connectivity index (χ2n) is 1.29. The van der Waals surface area contributed by atoms with Crippen molar-refractivity contribution in [1.29, 1.82) is 0 Å². The molecular weight excluding hydrogens is 78.0 g/mol. The lowest BCUT2D eigenvalue weighted by Crippen LogP contribution is -2.73. The molecule has 2 N–H and O–H groups in total. The zero-order valence-electron chi connectivity index (χ0n) is 3.65. The van der Waals surface area contributed by atoms with Gasteiger partial charge in [-0.2, -0.15) is 0 Å². The molecule has 1 aliphatic heterocycles. The molecular formula is C4H9NO+2. The fourth-order valence-electron chi connectivity index (χ4n) is 0.466. The quantitative estimate of drug-likeness (QED) is 0.321. The number of hydrogen-bond acceptors (Lipinski definition) is 0. The van der Waals surface area contributed by atoms with Gasteiger partial charge in [-0.15, -0.1) is 0 Å². The fourth-order valence-corrected chi connectivity index (χ4v) is 0.466. The van der Waals surface area contributed by atoms with Crippen LogP contribution in [0.1, 0.15) is 0 Å². The lowest BCUT2D eigenvalue weighted by Gasteiger charge is -1.92. The summed E-state index contributed by atoms with van der Waals surface area (Å²) >= 11 is 0. The standard InChI is InChI=1S/C4H7NO/c1-3-6-4-2-5-1/h1H,2-4H2/p+2. The van der Waals surface area contributed by atoms with Gasteiger partial charge >= 0.3 is 0 Å². The highest BCUT2D eigenvalue weighted by Crippen LogP contribution is 1.58. The third-order valence-electron chi connectivity index (χ3n) is 0.779. The van der Waals surface area contributed by atoms with Crippen molar-refractivity contribution in [2.75, 3.05) is 19.8 Å². The molecule has 1 heterocycles. The van der Waals surface area contributed by atoms with Crippen molar-refractivity contribution in [2.45, 2.75) is 0 Å². The molecule has 0 aromatic rings. The highest BCUT2D eigenvalue weighted by Gasteiger charge is 1.97. The fraction of sp³-hybridized carbons (Fsp3) is 0.750. The lowest BCUT2D eigenvalue weighted by molar-refractivity contribution is -0.474. The van der Waals surface area contributed by atoms with Gasteiger partial charge in [-0.1, -0.05) is 0 Å². The minimum atomic E-state index is 0.889. The molecule has 1 aliphatic rings. The van der Waals surface area contributed by atoms with E-state index in [0.29, 0.717) is 0 Å². The summed E-state index contributed by atoms with van der Waals surface area (Å²) in [4.78, 5) is 3.07. The van der Waals surface area contributed by atoms with Crippen LogP contribution >= 0.6 is 0 Å². The van der Waals surface area contributed by atoms with E-state index in [1.165, 1.54) is 0 Å². The molecule has 34 valence electrons. The van der Waals surface area contributed by atoms with Gasteiger partial charge in [0.2, 0.25) is 26.0 Å². The van der Waals surface area contributed by atoms with Crippen LogP contribution in [0.4, 0.5) is 0 Å². The Bertz CT molecular complexity index is 52.6. The van der Waals surface area contributed by atoms with Gasteiger partial charge in [0, 0.05) is 0 Å². The van der Waals surface area contributed by atoms with Gasteiger partial charge in [-0.3, -0.25) is 0 Å². The Morgan fingerprint density at radius 3 is 2.83 bits per heavy atom. The highest BCUT2D eigenvalue weighted by molar-refractivity contribution is 5.51. The minimum absolute atomic E-state index is 0.889. The average Bonchev–Trinajstić information content (AvgIpc) is 1.72. The molecule has 6 heavy (non-hydrogen) atoms. The van der Waals surface area contributed by atoms with Gasteiger partial charge < -0.3 is 4.74 Å². The Hall–Kier alpha value is -0.370. The first kappa shape index (κ1) is 3.81. The minimum Gasteiger partial charge on any atom is -0.422 e. The first-order valence-corrected chi connectivity index (χ1v) is 2.18. The van der Waals surface area contributed by atoms with Gasteiger partial charge in [0.15, 0.2) is 0 Å². The van der Waals surface area contributed by atoms with Crippen molar-refractivity contribution in [3.63, 3.8) is 0 Å². The first-order chi connectivity index (χ1) is 3.00. The number of ether oxygens (including phenoxy) is 1. The summed E-state index contributed by atoms with van der Waals surface area (Å²) in [6, 6.07) is 0. The van der Waals surface area contributed by atoms with Crippen LogP contribution in [-0.2, 0) is 0 Å². The van der Waals surface area contributed by atoms with E-state index in [0.717, 1.165) is 19.8 Å². The van der Waals surface area contributed by atoms with Crippen molar-refractivity contribution in [1.82, 2.24) is 0 Å². The largest absolute Gasteiger partial charge is 0.422 e. The molecule has 0 aromatic heterocycles. The zero-order chi connectivity index (χ0) is 4.24. The third-order valence-corrected chi connectivity index (χ3v) is 0.779. The Morgan fingerprint density at radius 1 is 1.67 bits per heavy atom. The van der Waals surface area contributed by atoms with Crippen LogP contribution in [0.2, 0.25) is 0 Å². The molecule has 0 amide bonds. The van der Waals surface area contributed by atoms with E-state index in [9.17, 15) is 0 Å². The second-order valence-corrected chi connectivity index (χ2v) is 1.29. The smallest absolute Gasteiger partial charge is 0.222 e. The van der Waals surface area contributed by atoms with E-state index < -0.39 is 0 Å². The molecule has 0 aromatic carbocycles. The molecule has 1 rings (SSSR count). The summed E-state index contributed by atoms with van der Waals surface area (Å²) in [7, 11) is 0. The summed E-state index contributed by atoms with van der Waals surface area (Å²) in [6.45, 7) is 2.90. The van der Waals surface area contributed by atoms with Gasteiger partial charge in [0.25, 0.3) is 0 Å². The number of nitrogens with one attached hydrogen (secondary N) is 1. The Morgan fingerprint density at radius 2 is 2.67 bits per heavy atom. The Labute approximate surface area is 36.8 Å². The Balaban J connectivity index is 2.26. The van der Waals surface area contributed by atoms with E-state index in [-0.39, 0.29) is 0 Å². The van der Waals surface area contributed by atoms with Crippen LogP contribution in [0.25, 0.3) is 0 Å². The maximum absolute atomic E-state index is 4.06. The molecule has 2 nitrogen and oxygen atoms in total. The second kappa shape index (κ2) is 1.92. The van der Waals surface area contributed by atoms with Crippen molar-refractivity contribution in [3.8, 4) is 0 Å². The number of aliphatic hydroxyl groups is 2. The van der Waals surface area contributed by atoms with Crippen LogP contribution in [0.15, 0.2) is 0 Å². The summed E-state index contributed by atoms with van der Waals surface area (Å²) < 4.78 is 4.06. The highest BCUT2D eigenvalue weighted by atomic mass is 16.5. The molecule has 0 bridgehead atoms. The van der Waals surface area contributed by atoms with Crippen molar-refractivity contribution >= 4 is 6.21 Å². The summed E-state index contributed by atoms with van der Waals surface area (Å²) in [6.07, 6.45) is 1.98. The van der Waals surface area contributed by atoms with E-state index in [2.05, 4.69) is 9.73 Å². The topological polar surface area (TPSA) is 26.8 Å². The molecule has 0 aliphatic carbocycles. The lowest BCUT2D eigenvalue weighted by atomic mass is 10.6. The molecule has 2 heteroatoms. The number of hydrogen-bond donors (Lipinski definition) is 1. The van der Waals surface area contributed by atoms with Gasteiger partial charge in [-0.25, -0.2) is 4.99 Å². The molecule has 0 saturated carbocycles. The predicted molar refractivity (Wildman–Crippen MR) is 23.8 cm³/mol. The van der Waals surface area contributed by atoms with Crippen molar-refractivity contribution in [2.24, 2.45) is 0 Å². The zero-order valence-corrected chi connectivity index (χ0v) is 3.65.